The van der Waals surface area contributed by atoms with E-state index in [4.69, 9.17) is 9.05 Å². The van der Waals surface area contributed by atoms with E-state index >= 15 is 0 Å². The van der Waals surface area contributed by atoms with Gasteiger partial charge in [0.15, 0.2) is 0 Å². The summed E-state index contributed by atoms with van der Waals surface area (Å²) < 4.78 is 23.4. The van der Waals surface area contributed by atoms with E-state index in [0.717, 1.165) is 44.9 Å². The van der Waals surface area contributed by atoms with Gasteiger partial charge in [-0.3, -0.25) is 9.36 Å². The van der Waals surface area contributed by atoms with E-state index in [2.05, 4.69) is 55.6 Å². The Labute approximate surface area is 492 Å². The molecule has 0 spiro atoms. The lowest BCUT2D eigenvalue weighted by Gasteiger charge is -2.29. The third kappa shape index (κ3) is 63.9. The van der Waals surface area contributed by atoms with Crippen LogP contribution in [0.2, 0.25) is 0 Å². The fourth-order valence-electron chi connectivity index (χ4n) is 10.4. The Morgan fingerprint density at radius 2 is 0.709 bits per heavy atom. The molecule has 0 saturated carbocycles. The Morgan fingerprint density at radius 1 is 0.430 bits per heavy atom. The van der Waals surface area contributed by atoms with Gasteiger partial charge < -0.3 is 28.8 Å². The Bertz CT molecular complexity index is 1430. The molecule has 0 rings (SSSR count). The second-order valence-electron chi connectivity index (χ2n) is 24.9. The van der Waals surface area contributed by atoms with Gasteiger partial charge in [0.25, 0.3) is 7.82 Å². The number of phosphoric ester groups is 1. The monoisotopic (exact) mass is 1130 g/mol. The molecule has 0 aromatic heterocycles. The fraction of sp³-hybridized carbons (Fsp3) is 0.871. The fourth-order valence-corrected chi connectivity index (χ4v) is 11.1. The molecule has 0 radical (unpaired) electrons. The molecule has 1 amide bonds. The van der Waals surface area contributed by atoms with E-state index in [1.165, 1.54) is 276 Å². The van der Waals surface area contributed by atoms with Gasteiger partial charge in [0.1, 0.15) is 13.2 Å². The van der Waals surface area contributed by atoms with Gasteiger partial charge in [0.05, 0.1) is 39.9 Å². The van der Waals surface area contributed by atoms with E-state index < -0.39 is 26.6 Å². The average Bonchev–Trinajstić information content (AvgIpc) is 3.42. The van der Waals surface area contributed by atoms with Crippen LogP contribution >= 0.6 is 7.82 Å². The quantitative estimate of drug-likeness (QED) is 0.0272. The minimum Gasteiger partial charge on any atom is -0.756 e. The lowest BCUT2D eigenvalue weighted by molar-refractivity contribution is -0.870. The number of unbranched alkanes of at least 4 members (excludes halogenated alkanes) is 45. The van der Waals surface area contributed by atoms with Crippen LogP contribution in [0.4, 0.5) is 0 Å². The largest absolute Gasteiger partial charge is 0.756 e. The van der Waals surface area contributed by atoms with Gasteiger partial charge in [0, 0.05) is 6.42 Å². The molecule has 0 bridgehead atoms. The molecule has 2 N–H and O–H groups in total. The van der Waals surface area contributed by atoms with Crippen LogP contribution in [-0.4, -0.2) is 68.5 Å². The number of amides is 1. The molecule has 0 aliphatic rings. The highest BCUT2D eigenvalue weighted by Crippen LogP contribution is 2.38. The number of hydrogen-bond donors (Lipinski definition) is 2. The number of nitrogens with one attached hydrogen (secondary N) is 1. The highest BCUT2D eigenvalue weighted by Gasteiger charge is 2.23. The number of aliphatic hydroxyl groups excluding tert-OH is 1. The van der Waals surface area contributed by atoms with Crippen molar-refractivity contribution in [3.8, 4) is 0 Å². The first kappa shape index (κ1) is 77.5. The van der Waals surface area contributed by atoms with Crippen molar-refractivity contribution in [1.29, 1.82) is 0 Å². The van der Waals surface area contributed by atoms with Crippen molar-refractivity contribution in [2.24, 2.45) is 0 Å². The Morgan fingerprint density at radius 3 is 1.03 bits per heavy atom. The van der Waals surface area contributed by atoms with Crippen LogP contribution in [0.1, 0.15) is 341 Å². The zero-order valence-electron chi connectivity index (χ0n) is 53.3. The van der Waals surface area contributed by atoms with Crippen LogP contribution in [0.15, 0.2) is 48.6 Å². The lowest BCUT2D eigenvalue weighted by Crippen LogP contribution is -2.45. The van der Waals surface area contributed by atoms with Crippen molar-refractivity contribution in [3.05, 3.63) is 48.6 Å². The van der Waals surface area contributed by atoms with Crippen LogP contribution < -0.4 is 10.2 Å². The molecule has 9 heteroatoms. The van der Waals surface area contributed by atoms with E-state index in [1.807, 2.05) is 27.2 Å². The van der Waals surface area contributed by atoms with Gasteiger partial charge in [-0.2, -0.15) is 0 Å². The zero-order valence-corrected chi connectivity index (χ0v) is 54.2. The lowest BCUT2D eigenvalue weighted by atomic mass is 10.0. The van der Waals surface area contributed by atoms with Crippen LogP contribution in [0, 0.1) is 0 Å². The molecule has 3 unspecified atom stereocenters. The predicted molar refractivity (Wildman–Crippen MR) is 344 cm³/mol. The van der Waals surface area contributed by atoms with Crippen molar-refractivity contribution in [1.82, 2.24) is 5.32 Å². The van der Waals surface area contributed by atoms with E-state index in [-0.39, 0.29) is 12.5 Å². The van der Waals surface area contributed by atoms with Gasteiger partial charge in [0.2, 0.25) is 5.91 Å². The number of carbonyl (C=O) groups excluding carboxylic acids is 1. The summed E-state index contributed by atoms with van der Waals surface area (Å²) in [5.41, 5.74) is 0. The van der Waals surface area contributed by atoms with Crippen molar-refractivity contribution in [3.63, 3.8) is 0 Å². The van der Waals surface area contributed by atoms with Crippen LogP contribution in [0.3, 0.4) is 0 Å². The zero-order chi connectivity index (χ0) is 57.7. The smallest absolute Gasteiger partial charge is 0.268 e. The number of quaternary nitrogens is 1. The Kier molecular flexibility index (Phi) is 59.8. The molecule has 3 atom stereocenters. The van der Waals surface area contributed by atoms with Crippen molar-refractivity contribution >= 4 is 13.7 Å². The minimum absolute atomic E-state index is 0.00842. The number of allylic oxidation sites excluding steroid dienone is 7. The van der Waals surface area contributed by atoms with E-state index in [0.29, 0.717) is 17.4 Å². The number of aliphatic hydroxyl groups is 1. The van der Waals surface area contributed by atoms with Crippen LogP contribution in [0.5, 0.6) is 0 Å². The summed E-state index contributed by atoms with van der Waals surface area (Å²) in [4.78, 5) is 25.6. The Balaban J connectivity index is 4.10. The second-order valence-corrected chi connectivity index (χ2v) is 26.3. The standard InChI is InChI=1S/C70H135N2O6P/c1-6-8-10-12-14-16-18-20-22-24-26-28-30-32-33-34-35-36-37-38-40-42-44-46-48-50-52-54-56-58-60-62-64-70(74)71-68(67-78-79(75,76)77-66-65-72(3,4)5)69(73)63-61-59-57-55-53-51-49-47-45-43-41-39-31-29-27-25-23-21-19-17-15-13-11-9-7-2/h32-33,45,47,53,55,61,63,68-69,73H,6-31,34-44,46,48-52,54,56-60,62,64-67H2,1-5H3,(H-,71,74,75,76)/b33-32-,47-45+,55-53+,63-61+. The molecule has 8 nitrogen and oxygen atoms in total. The summed E-state index contributed by atoms with van der Waals surface area (Å²) in [5.74, 6) is -0.206. The molecule has 0 aliphatic heterocycles. The highest BCUT2D eigenvalue weighted by atomic mass is 31.2. The predicted octanol–water partition coefficient (Wildman–Crippen LogP) is 21.2. The first-order valence-corrected chi connectivity index (χ1v) is 36.0. The number of nitrogens with zero attached hydrogens (tertiary/aromatic N) is 1. The minimum atomic E-state index is -4.61. The summed E-state index contributed by atoms with van der Waals surface area (Å²) in [6.07, 6.45) is 82.4. The number of hydrogen-bond acceptors (Lipinski definition) is 6. The topological polar surface area (TPSA) is 108 Å². The molecule has 79 heavy (non-hydrogen) atoms. The van der Waals surface area contributed by atoms with Crippen LogP contribution in [-0.2, 0) is 18.4 Å². The first-order valence-electron chi connectivity index (χ1n) is 34.5. The van der Waals surface area contributed by atoms with E-state index in [1.54, 1.807) is 6.08 Å². The molecule has 0 heterocycles. The van der Waals surface area contributed by atoms with Crippen molar-refractivity contribution < 1.29 is 32.9 Å². The maximum absolute atomic E-state index is 13.0. The molecule has 0 aromatic rings. The molecular weight excluding hydrogens is 996 g/mol. The van der Waals surface area contributed by atoms with Gasteiger partial charge in [-0.05, 0) is 70.6 Å². The molecular formula is C70H135N2O6P. The number of likely N-dealkylation sites (N-methyl/N-ethyl adjacent to an activating group) is 1. The summed E-state index contributed by atoms with van der Waals surface area (Å²) >= 11 is 0. The summed E-state index contributed by atoms with van der Waals surface area (Å²) in [5, 5.41) is 13.9. The molecule has 0 fully saturated rings. The maximum Gasteiger partial charge on any atom is 0.268 e. The third-order valence-corrected chi connectivity index (χ3v) is 16.7. The van der Waals surface area contributed by atoms with Crippen molar-refractivity contribution in [2.75, 3.05) is 40.9 Å². The summed E-state index contributed by atoms with van der Waals surface area (Å²) in [6.45, 7) is 4.67. The SMILES string of the molecule is CCCCCCCCCCCCCC/C=C\CCCCCCCCCCCCCCCCCCC(=O)NC(COP(=O)([O-])OCC[N+](C)(C)C)C(O)/C=C/CC/C=C/CC/C=C/CCCCCCCCCCCCCCCCC. The van der Waals surface area contributed by atoms with Gasteiger partial charge in [-0.15, -0.1) is 0 Å². The van der Waals surface area contributed by atoms with E-state index in [9.17, 15) is 19.4 Å². The Hall–Kier alpha value is -1.54. The number of phosphoric acid groups is 1. The second kappa shape index (κ2) is 61.0. The highest BCUT2D eigenvalue weighted by molar-refractivity contribution is 7.45. The summed E-state index contributed by atoms with van der Waals surface area (Å²) in [6, 6.07) is -0.911. The number of rotatable bonds is 64. The molecule has 0 saturated heterocycles. The van der Waals surface area contributed by atoms with Crippen LogP contribution in [0.25, 0.3) is 0 Å². The molecule has 0 aromatic carbocycles. The third-order valence-electron chi connectivity index (χ3n) is 15.7. The average molecular weight is 1130 g/mol. The van der Waals surface area contributed by atoms with Crippen molar-refractivity contribution in [2.45, 2.75) is 353 Å². The van der Waals surface area contributed by atoms with Gasteiger partial charge >= 0.3 is 0 Å². The molecule has 0 aliphatic carbocycles. The first-order chi connectivity index (χ1) is 38.5. The van der Waals surface area contributed by atoms with Gasteiger partial charge in [-0.1, -0.05) is 313 Å². The normalized spacial score (nSPS) is 14.0. The summed E-state index contributed by atoms with van der Waals surface area (Å²) in [7, 11) is 1.25. The molecule has 466 valence electrons. The van der Waals surface area contributed by atoms with Gasteiger partial charge in [-0.25, -0.2) is 0 Å². The maximum atomic E-state index is 13.0. The number of carbonyl (C=O) groups is 1.